The van der Waals surface area contributed by atoms with Gasteiger partial charge in [-0.25, -0.2) is 0 Å². The van der Waals surface area contributed by atoms with Crippen LogP contribution < -0.4 is 0 Å². The van der Waals surface area contributed by atoms with E-state index in [4.69, 9.17) is 11.5 Å². The Morgan fingerprint density at radius 3 is 3.00 bits per heavy atom. The molecule has 72 valence electrons. The minimum atomic E-state index is -0.832. The Labute approximate surface area is 86.9 Å². The molecule has 0 aromatic carbocycles. The van der Waals surface area contributed by atoms with Crippen LogP contribution in [-0.4, -0.2) is 11.1 Å². The predicted octanol–water partition coefficient (Wildman–Crippen LogP) is 2.39. The highest BCUT2D eigenvalue weighted by molar-refractivity contribution is 7.13. The van der Waals surface area contributed by atoms with Crippen LogP contribution in [-0.2, 0) is 11.2 Å². The van der Waals surface area contributed by atoms with E-state index in [1.807, 2.05) is 19.1 Å². The highest BCUT2D eigenvalue weighted by Gasteiger charge is 2.07. The van der Waals surface area contributed by atoms with Gasteiger partial charge >= 0.3 is 5.97 Å². The lowest BCUT2D eigenvalue weighted by atomic mass is 10.2. The smallest absolute Gasteiger partial charge is 0.308 e. The number of rotatable bonds is 3. The van der Waals surface area contributed by atoms with Crippen LogP contribution in [0.25, 0.3) is 6.08 Å². The van der Waals surface area contributed by atoms with Gasteiger partial charge in [0.05, 0.1) is 6.42 Å². The molecule has 0 amide bonds. The zero-order valence-electron chi connectivity index (χ0n) is 7.78. The number of aliphatic carboxylic acids is 1. The van der Waals surface area contributed by atoms with Gasteiger partial charge in [-0.05, 0) is 19.1 Å². The van der Waals surface area contributed by atoms with Gasteiger partial charge < -0.3 is 5.11 Å². The molecule has 0 aliphatic rings. The van der Waals surface area contributed by atoms with Gasteiger partial charge in [-0.3, -0.25) is 4.79 Å². The summed E-state index contributed by atoms with van der Waals surface area (Å²) in [6.45, 7) is 1.90. The molecule has 1 aromatic heterocycles. The van der Waals surface area contributed by atoms with E-state index in [1.165, 1.54) is 11.3 Å². The van der Waals surface area contributed by atoms with Crippen molar-refractivity contribution < 1.29 is 9.90 Å². The molecule has 0 bridgehead atoms. The molecule has 0 unspecified atom stereocenters. The third-order valence-electron chi connectivity index (χ3n) is 1.61. The van der Waals surface area contributed by atoms with Crippen molar-refractivity contribution in [2.75, 3.05) is 0 Å². The maximum absolute atomic E-state index is 10.5. The summed E-state index contributed by atoms with van der Waals surface area (Å²) in [7, 11) is 0. The van der Waals surface area contributed by atoms with Crippen molar-refractivity contribution in [1.82, 2.24) is 0 Å². The molecular formula is C11H10O2S. The second-order valence-electron chi connectivity index (χ2n) is 2.71. The van der Waals surface area contributed by atoms with Crippen molar-refractivity contribution in [3.05, 3.63) is 27.5 Å². The van der Waals surface area contributed by atoms with E-state index in [1.54, 1.807) is 6.07 Å². The van der Waals surface area contributed by atoms with Crippen LogP contribution in [0.1, 0.15) is 22.2 Å². The highest BCUT2D eigenvalue weighted by atomic mass is 32.1. The summed E-state index contributed by atoms with van der Waals surface area (Å²) in [5.41, 5.74) is 0.768. The second kappa shape index (κ2) is 4.64. The van der Waals surface area contributed by atoms with Gasteiger partial charge in [0.25, 0.3) is 0 Å². The third kappa shape index (κ3) is 2.48. The van der Waals surface area contributed by atoms with Gasteiger partial charge in [-0.1, -0.05) is 12.0 Å². The van der Waals surface area contributed by atoms with Crippen molar-refractivity contribution in [3.8, 4) is 12.3 Å². The standard InChI is InChI=1S/C11H10O2S/c1-3-5-10-8(4-2)6-9(14-10)7-11(12)13/h2-3,5-6H,7H2,1H3,(H,12,13)/b5-3-. The molecule has 1 aromatic rings. The minimum Gasteiger partial charge on any atom is -0.481 e. The summed E-state index contributed by atoms with van der Waals surface area (Å²) in [5.74, 6) is 1.71. The molecule has 0 aliphatic heterocycles. The number of carboxylic acids is 1. The number of carboxylic acid groups (broad SMARTS) is 1. The van der Waals surface area contributed by atoms with E-state index in [0.29, 0.717) is 0 Å². The summed E-state index contributed by atoms with van der Waals surface area (Å²) >= 11 is 1.43. The Bertz CT molecular complexity index is 407. The number of carbonyl (C=O) groups is 1. The fraction of sp³-hybridized carbons (Fsp3) is 0.182. The van der Waals surface area contributed by atoms with Crippen molar-refractivity contribution in [2.45, 2.75) is 13.3 Å². The van der Waals surface area contributed by atoms with Gasteiger partial charge in [-0.15, -0.1) is 17.8 Å². The molecule has 0 radical (unpaired) electrons. The summed E-state index contributed by atoms with van der Waals surface area (Å²) < 4.78 is 0. The fourth-order valence-corrected chi connectivity index (χ4v) is 2.17. The van der Waals surface area contributed by atoms with Crippen molar-refractivity contribution in [1.29, 1.82) is 0 Å². The van der Waals surface area contributed by atoms with E-state index in [0.717, 1.165) is 15.3 Å². The molecule has 0 fully saturated rings. The number of hydrogen-bond acceptors (Lipinski definition) is 2. The first-order chi connectivity index (χ1) is 6.67. The number of terminal acetylenes is 1. The lowest BCUT2D eigenvalue weighted by Gasteiger charge is -1.86. The number of allylic oxidation sites excluding steroid dienone is 1. The zero-order valence-corrected chi connectivity index (χ0v) is 8.60. The Hall–Kier alpha value is -1.53. The van der Waals surface area contributed by atoms with Crippen LogP contribution in [0.2, 0.25) is 0 Å². The molecular weight excluding hydrogens is 196 g/mol. The molecule has 14 heavy (non-hydrogen) atoms. The van der Waals surface area contributed by atoms with Crippen molar-refractivity contribution in [3.63, 3.8) is 0 Å². The Kier molecular flexibility index (Phi) is 3.49. The molecule has 0 saturated heterocycles. The lowest BCUT2D eigenvalue weighted by molar-refractivity contribution is -0.136. The molecule has 0 aliphatic carbocycles. The Morgan fingerprint density at radius 1 is 1.79 bits per heavy atom. The minimum absolute atomic E-state index is 0.0386. The average Bonchev–Trinajstić information content (AvgIpc) is 2.47. The molecule has 0 atom stereocenters. The third-order valence-corrected chi connectivity index (χ3v) is 2.71. The number of thiophene rings is 1. The van der Waals surface area contributed by atoms with Gasteiger partial charge in [-0.2, -0.15) is 0 Å². The van der Waals surface area contributed by atoms with Crippen LogP contribution in [0.3, 0.4) is 0 Å². The first-order valence-electron chi connectivity index (χ1n) is 4.11. The normalized spacial score (nSPS) is 10.3. The lowest BCUT2D eigenvalue weighted by Crippen LogP contribution is -1.97. The van der Waals surface area contributed by atoms with Crippen LogP contribution in [0.5, 0.6) is 0 Å². The molecule has 1 rings (SSSR count). The summed E-state index contributed by atoms with van der Waals surface area (Å²) in [6, 6.07) is 1.76. The SMILES string of the molecule is C#Cc1cc(CC(=O)O)sc1/C=C\C. The first kappa shape index (κ1) is 10.6. The topological polar surface area (TPSA) is 37.3 Å². The van der Waals surface area contributed by atoms with Crippen molar-refractivity contribution in [2.24, 2.45) is 0 Å². The fourth-order valence-electron chi connectivity index (χ4n) is 1.08. The monoisotopic (exact) mass is 206 g/mol. The number of hydrogen-bond donors (Lipinski definition) is 1. The Morgan fingerprint density at radius 2 is 2.50 bits per heavy atom. The molecule has 3 heteroatoms. The Balaban J connectivity index is 3.02. The van der Waals surface area contributed by atoms with Gasteiger partial charge in [0.2, 0.25) is 0 Å². The summed E-state index contributed by atoms with van der Waals surface area (Å²) in [4.78, 5) is 12.2. The van der Waals surface area contributed by atoms with E-state index in [2.05, 4.69) is 5.92 Å². The van der Waals surface area contributed by atoms with Gasteiger partial charge in [0.15, 0.2) is 0 Å². The summed E-state index contributed by atoms with van der Waals surface area (Å²) in [5, 5.41) is 8.61. The quantitative estimate of drug-likeness (QED) is 0.771. The maximum atomic E-state index is 10.5. The van der Waals surface area contributed by atoms with Gasteiger partial charge in [0.1, 0.15) is 0 Å². The predicted molar refractivity (Wildman–Crippen MR) is 58.3 cm³/mol. The van der Waals surface area contributed by atoms with E-state index in [-0.39, 0.29) is 6.42 Å². The molecule has 2 nitrogen and oxygen atoms in total. The highest BCUT2D eigenvalue weighted by Crippen LogP contribution is 2.23. The van der Waals surface area contributed by atoms with Crippen molar-refractivity contribution >= 4 is 23.4 Å². The van der Waals surface area contributed by atoms with E-state index < -0.39 is 5.97 Å². The van der Waals surface area contributed by atoms with Crippen LogP contribution >= 0.6 is 11.3 Å². The molecule has 1 heterocycles. The molecule has 0 saturated carbocycles. The van der Waals surface area contributed by atoms with Crippen LogP contribution in [0.4, 0.5) is 0 Å². The average molecular weight is 206 g/mol. The summed E-state index contributed by atoms with van der Waals surface area (Å²) in [6.07, 6.45) is 9.12. The van der Waals surface area contributed by atoms with Crippen LogP contribution in [0, 0.1) is 12.3 Å². The zero-order chi connectivity index (χ0) is 10.6. The largest absolute Gasteiger partial charge is 0.481 e. The first-order valence-corrected chi connectivity index (χ1v) is 4.92. The van der Waals surface area contributed by atoms with Gasteiger partial charge in [0, 0.05) is 15.3 Å². The second-order valence-corrected chi connectivity index (χ2v) is 3.87. The van der Waals surface area contributed by atoms with E-state index in [9.17, 15) is 4.79 Å². The molecule has 1 N–H and O–H groups in total. The van der Waals surface area contributed by atoms with Crippen LogP contribution in [0.15, 0.2) is 12.1 Å². The molecule has 0 spiro atoms. The maximum Gasteiger partial charge on any atom is 0.308 e. The van der Waals surface area contributed by atoms with E-state index >= 15 is 0 Å².